The second-order valence-corrected chi connectivity index (χ2v) is 5.31. The molecule has 0 amide bonds. The first-order chi connectivity index (χ1) is 8.45. The fraction of sp³-hybridized carbons (Fsp3) is 0.500. The number of hydrogen-bond acceptors (Lipinski definition) is 4. The molecule has 8 heteroatoms. The maximum atomic E-state index is 12.0. The van der Waals surface area contributed by atoms with Crippen LogP contribution in [-0.4, -0.2) is 32.9 Å². The Balaban J connectivity index is 2.81. The van der Waals surface area contributed by atoms with Crippen LogP contribution in [0, 0.1) is 0 Å². The van der Waals surface area contributed by atoms with Gasteiger partial charge in [-0.1, -0.05) is 6.92 Å². The number of rotatable bonds is 7. The lowest BCUT2D eigenvalue weighted by atomic mass is 10.4. The van der Waals surface area contributed by atoms with Crippen molar-refractivity contribution < 1.29 is 17.2 Å². The fourth-order valence-corrected chi connectivity index (χ4v) is 2.20. The minimum Gasteiger partial charge on any atom is -0.370 e. The number of nitrogens with zero attached hydrogens (tertiary/aromatic N) is 1. The van der Waals surface area contributed by atoms with Crippen molar-refractivity contribution in [2.45, 2.75) is 24.7 Å². The summed E-state index contributed by atoms with van der Waals surface area (Å²) in [6.07, 6.45) is -0.545. The van der Waals surface area contributed by atoms with Crippen molar-refractivity contribution in [1.29, 1.82) is 0 Å². The zero-order chi connectivity index (χ0) is 13.6. The summed E-state index contributed by atoms with van der Waals surface area (Å²) in [7, 11) is -3.91. The molecular weight excluding hydrogens is 264 g/mol. The highest BCUT2D eigenvalue weighted by atomic mass is 32.2. The van der Waals surface area contributed by atoms with E-state index in [-0.39, 0.29) is 4.90 Å². The van der Waals surface area contributed by atoms with E-state index in [1.165, 1.54) is 18.3 Å². The van der Waals surface area contributed by atoms with E-state index >= 15 is 0 Å². The molecule has 102 valence electrons. The molecule has 18 heavy (non-hydrogen) atoms. The van der Waals surface area contributed by atoms with Gasteiger partial charge in [0.1, 0.15) is 5.82 Å². The second kappa shape index (κ2) is 6.60. The van der Waals surface area contributed by atoms with E-state index in [0.717, 1.165) is 6.42 Å². The van der Waals surface area contributed by atoms with Crippen molar-refractivity contribution in [3.63, 3.8) is 0 Å². The largest absolute Gasteiger partial charge is 0.370 e. The van der Waals surface area contributed by atoms with Crippen LogP contribution in [0.3, 0.4) is 0 Å². The van der Waals surface area contributed by atoms with Crippen molar-refractivity contribution in [3.8, 4) is 0 Å². The summed E-state index contributed by atoms with van der Waals surface area (Å²) in [6.45, 7) is 1.71. The van der Waals surface area contributed by atoms with E-state index in [1.807, 2.05) is 11.6 Å². The molecule has 0 radical (unpaired) electrons. The van der Waals surface area contributed by atoms with E-state index in [0.29, 0.717) is 12.4 Å². The summed E-state index contributed by atoms with van der Waals surface area (Å²) in [5, 5.41) is 2.92. The molecule has 1 aromatic heterocycles. The van der Waals surface area contributed by atoms with Crippen LogP contribution in [0.15, 0.2) is 23.2 Å². The van der Waals surface area contributed by atoms with Crippen LogP contribution in [0.5, 0.6) is 0 Å². The van der Waals surface area contributed by atoms with Gasteiger partial charge in [0.05, 0.1) is 11.4 Å². The van der Waals surface area contributed by atoms with Crippen molar-refractivity contribution in [2.24, 2.45) is 0 Å². The van der Waals surface area contributed by atoms with Crippen LogP contribution < -0.4 is 10.0 Å². The van der Waals surface area contributed by atoms with E-state index in [4.69, 9.17) is 0 Å². The summed E-state index contributed by atoms with van der Waals surface area (Å²) in [5.74, 6) is 0.400. The molecule has 0 spiro atoms. The van der Waals surface area contributed by atoms with Crippen molar-refractivity contribution in [2.75, 3.05) is 18.4 Å². The number of hydrogen-bond donors (Lipinski definition) is 2. The van der Waals surface area contributed by atoms with Gasteiger partial charge in [-0.2, -0.15) is 0 Å². The number of pyridine rings is 1. The lowest BCUT2D eigenvalue weighted by molar-refractivity contribution is 0.153. The number of halogens is 2. The number of aromatic nitrogens is 1. The van der Waals surface area contributed by atoms with E-state index < -0.39 is 23.0 Å². The molecule has 0 aliphatic rings. The predicted octanol–water partition coefficient (Wildman–Crippen LogP) is 1.45. The van der Waals surface area contributed by atoms with Gasteiger partial charge in [-0.15, -0.1) is 0 Å². The zero-order valence-corrected chi connectivity index (χ0v) is 10.7. The predicted molar refractivity (Wildman–Crippen MR) is 64.2 cm³/mol. The van der Waals surface area contributed by atoms with Gasteiger partial charge >= 0.3 is 0 Å². The molecule has 2 N–H and O–H groups in total. The summed E-state index contributed by atoms with van der Waals surface area (Å²) < 4.78 is 49.1. The molecule has 0 fully saturated rings. The quantitative estimate of drug-likeness (QED) is 0.792. The van der Waals surface area contributed by atoms with Gasteiger partial charge < -0.3 is 5.32 Å². The summed E-state index contributed by atoms with van der Waals surface area (Å²) >= 11 is 0. The Hall–Kier alpha value is -1.28. The van der Waals surface area contributed by atoms with Crippen LogP contribution in [0.1, 0.15) is 13.3 Å². The molecule has 1 rings (SSSR count). The van der Waals surface area contributed by atoms with Crippen LogP contribution >= 0.6 is 0 Å². The highest BCUT2D eigenvalue weighted by Gasteiger charge is 2.16. The monoisotopic (exact) mass is 279 g/mol. The minimum atomic E-state index is -3.91. The van der Waals surface area contributed by atoms with Crippen LogP contribution in [0.4, 0.5) is 14.6 Å². The van der Waals surface area contributed by atoms with E-state index in [9.17, 15) is 17.2 Å². The molecule has 0 aliphatic carbocycles. The Kier molecular flexibility index (Phi) is 5.42. The van der Waals surface area contributed by atoms with Gasteiger partial charge in [-0.05, 0) is 12.5 Å². The van der Waals surface area contributed by atoms with Crippen LogP contribution in [-0.2, 0) is 10.0 Å². The normalized spacial score (nSPS) is 11.8. The Morgan fingerprint density at radius 3 is 2.78 bits per heavy atom. The Morgan fingerprint density at radius 2 is 2.17 bits per heavy atom. The molecule has 0 aliphatic heterocycles. The Labute approximate surface area is 105 Å². The molecule has 5 nitrogen and oxygen atoms in total. The molecule has 0 unspecified atom stereocenters. The molecule has 1 aromatic rings. The summed E-state index contributed by atoms with van der Waals surface area (Å²) in [6, 6.07) is 2.56. The summed E-state index contributed by atoms with van der Waals surface area (Å²) in [5.41, 5.74) is 0. The fourth-order valence-electron chi connectivity index (χ4n) is 1.18. The lowest BCUT2D eigenvalue weighted by Crippen LogP contribution is -2.28. The van der Waals surface area contributed by atoms with E-state index in [2.05, 4.69) is 10.3 Å². The summed E-state index contributed by atoms with van der Waals surface area (Å²) in [4.78, 5) is 3.85. The molecule has 0 atom stereocenters. The van der Waals surface area contributed by atoms with Gasteiger partial charge in [0.15, 0.2) is 0 Å². The smallest absolute Gasteiger partial charge is 0.251 e. The Morgan fingerprint density at radius 1 is 1.44 bits per heavy atom. The van der Waals surface area contributed by atoms with Gasteiger partial charge in [0.2, 0.25) is 10.0 Å². The van der Waals surface area contributed by atoms with Crippen molar-refractivity contribution in [3.05, 3.63) is 18.3 Å². The SMILES string of the molecule is CCCNc1cc(S(=O)(=O)NCC(F)F)ccn1. The highest BCUT2D eigenvalue weighted by Crippen LogP contribution is 2.12. The lowest BCUT2D eigenvalue weighted by Gasteiger charge is -2.08. The number of sulfonamides is 1. The molecule has 0 aromatic carbocycles. The van der Waals surface area contributed by atoms with Gasteiger partial charge in [-0.25, -0.2) is 26.9 Å². The number of nitrogens with one attached hydrogen (secondary N) is 2. The topological polar surface area (TPSA) is 71.1 Å². The van der Waals surface area contributed by atoms with Crippen molar-refractivity contribution >= 4 is 15.8 Å². The number of anilines is 1. The first kappa shape index (κ1) is 14.8. The van der Waals surface area contributed by atoms with E-state index in [1.54, 1.807) is 0 Å². The standard InChI is InChI=1S/C10H15F2N3O2S/c1-2-4-13-10-6-8(3-5-14-10)18(16,17)15-7-9(11)12/h3,5-6,9,15H,2,4,7H2,1H3,(H,13,14). The highest BCUT2D eigenvalue weighted by molar-refractivity contribution is 7.89. The second-order valence-electron chi connectivity index (χ2n) is 3.55. The van der Waals surface area contributed by atoms with Crippen molar-refractivity contribution in [1.82, 2.24) is 9.71 Å². The number of alkyl halides is 2. The molecule has 0 bridgehead atoms. The third-order valence-corrected chi connectivity index (χ3v) is 3.45. The van der Waals surface area contributed by atoms with Gasteiger partial charge in [0.25, 0.3) is 6.43 Å². The molecule has 0 saturated heterocycles. The maximum absolute atomic E-state index is 12.0. The van der Waals surface area contributed by atoms with Gasteiger partial charge in [0, 0.05) is 18.8 Å². The Bertz CT molecular complexity index is 480. The first-order valence-electron chi connectivity index (χ1n) is 5.43. The average Bonchev–Trinajstić information content (AvgIpc) is 2.34. The van der Waals surface area contributed by atoms with Crippen LogP contribution in [0.25, 0.3) is 0 Å². The molecule has 0 saturated carbocycles. The van der Waals surface area contributed by atoms with Crippen LogP contribution in [0.2, 0.25) is 0 Å². The minimum absolute atomic E-state index is 0.0863. The third kappa shape index (κ3) is 4.53. The molecule has 1 heterocycles. The third-order valence-electron chi connectivity index (χ3n) is 2.03. The zero-order valence-electron chi connectivity index (χ0n) is 9.86. The average molecular weight is 279 g/mol. The molecular formula is C10H15F2N3O2S. The van der Waals surface area contributed by atoms with Gasteiger partial charge in [-0.3, -0.25) is 0 Å². The first-order valence-corrected chi connectivity index (χ1v) is 6.91. The maximum Gasteiger partial charge on any atom is 0.251 e.